The average Bonchev–Trinajstić information content (AvgIpc) is 2.57. The molecule has 3 aliphatic rings. The third-order valence-electron chi connectivity index (χ3n) is 5.83. The minimum absolute atomic E-state index is 0.145. The van der Waals surface area contributed by atoms with E-state index < -0.39 is 0 Å². The zero-order chi connectivity index (χ0) is 16.1. The number of nitrogens with zero attached hydrogens (tertiary/aromatic N) is 1. The first-order valence-corrected chi connectivity index (χ1v) is 9.62. The number of aliphatic hydroxyl groups excluding tert-OH is 1. The fourth-order valence-electron chi connectivity index (χ4n) is 4.44. The quantitative estimate of drug-likeness (QED) is 0.783. The first-order chi connectivity index (χ1) is 11.2. The standard InChI is InChI=1S/C19H32N2O2/c22-18-9-5-4-8-17(18)21-12-10-16(11-13-21)20-19(23)14-15-6-2-1-3-7-15/h6,16-18,22H,1-5,7-14H2,(H,20,23). The average molecular weight is 320 g/mol. The van der Waals surface area contributed by atoms with Crippen molar-refractivity contribution in [3.8, 4) is 0 Å². The molecular formula is C19H32N2O2. The van der Waals surface area contributed by atoms with Gasteiger partial charge in [-0.3, -0.25) is 9.69 Å². The summed E-state index contributed by atoms with van der Waals surface area (Å²) < 4.78 is 0. The van der Waals surface area contributed by atoms with Gasteiger partial charge < -0.3 is 10.4 Å². The molecule has 4 nitrogen and oxygen atoms in total. The molecule has 0 aromatic rings. The van der Waals surface area contributed by atoms with Gasteiger partial charge in [-0.05, 0) is 51.4 Å². The van der Waals surface area contributed by atoms with E-state index in [4.69, 9.17) is 0 Å². The van der Waals surface area contributed by atoms with E-state index in [2.05, 4.69) is 16.3 Å². The van der Waals surface area contributed by atoms with E-state index >= 15 is 0 Å². The summed E-state index contributed by atoms with van der Waals surface area (Å²) in [6.45, 7) is 2.02. The summed E-state index contributed by atoms with van der Waals surface area (Å²) in [4.78, 5) is 14.7. The van der Waals surface area contributed by atoms with Crippen molar-refractivity contribution in [3.05, 3.63) is 11.6 Å². The summed E-state index contributed by atoms with van der Waals surface area (Å²) >= 11 is 0. The normalized spacial score (nSPS) is 30.7. The number of piperidine rings is 1. The Balaban J connectivity index is 1.40. The number of aliphatic hydroxyl groups is 1. The molecule has 0 aromatic heterocycles. The minimum atomic E-state index is -0.145. The number of carbonyl (C=O) groups excluding carboxylic acids is 1. The van der Waals surface area contributed by atoms with E-state index in [-0.39, 0.29) is 12.0 Å². The Hall–Kier alpha value is -0.870. The van der Waals surface area contributed by atoms with Crippen LogP contribution in [0.25, 0.3) is 0 Å². The molecule has 0 radical (unpaired) electrons. The number of allylic oxidation sites excluding steroid dienone is 1. The molecule has 1 amide bonds. The van der Waals surface area contributed by atoms with Gasteiger partial charge in [0.15, 0.2) is 0 Å². The van der Waals surface area contributed by atoms with Crippen LogP contribution in [0.3, 0.4) is 0 Å². The number of likely N-dealkylation sites (tertiary alicyclic amines) is 1. The minimum Gasteiger partial charge on any atom is -0.391 e. The van der Waals surface area contributed by atoms with Crippen LogP contribution < -0.4 is 5.32 Å². The Morgan fingerprint density at radius 3 is 2.61 bits per heavy atom. The van der Waals surface area contributed by atoms with Gasteiger partial charge >= 0.3 is 0 Å². The van der Waals surface area contributed by atoms with Crippen molar-refractivity contribution < 1.29 is 9.90 Å². The third-order valence-corrected chi connectivity index (χ3v) is 5.83. The lowest BCUT2D eigenvalue weighted by molar-refractivity contribution is -0.121. The fraction of sp³-hybridized carbons (Fsp3) is 0.842. The predicted molar refractivity (Wildman–Crippen MR) is 92.2 cm³/mol. The van der Waals surface area contributed by atoms with Crippen molar-refractivity contribution in [1.29, 1.82) is 0 Å². The number of hydrogen-bond donors (Lipinski definition) is 2. The van der Waals surface area contributed by atoms with Crippen LogP contribution in [0.15, 0.2) is 11.6 Å². The molecule has 23 heavy (non-hydrogen) atoms. The molecule has 1 heterocycles. The second-order valence-corrected chi connectivity index (χ2v) is 7.58. The Morgan fingerprint density at radius 2 is 1.91 bits per heavy atom. The van der Waals surface area contributed by atoms with E-state index in [9.17, 15) is 9.90 Å². The summed E-state index contributed by atoms with van der Waals surface area (Å²) in [5.74, 6) is 0.203. The number of nitrogens with one attached hydrogen (secondary N) is 1. The van der Waals surface area contributed by atoms with E-state index in [1.54, 1.807) is 0 Å². The number of hydrogen-bond acceptors (Lipinski definition) is 3. The van der Waals surface area contributed by atoms with Crippen LogP contribution in [0.5, 0.6) is 0 Å². The highest BCUT2D eigenvalue weighted by molar-refractivity contribution is 5.78. The summed E-state index contributed by atoms with van der Waals surface area (Å²) in [5.41, 5.74) is 1.33. The highest BCUT2D eigenvalue weighted by atomic mass is 16.3. The number of rotatable bonds is 4. The maximum absolute atomic E-state index is 12.2. The maximum Gasteiger partial charge on any atom is 0.224 e. The summed E-state index contributed by atoms with van der Waals surface area (Å²) in [7, 11) is 0. The lowest BCUT2D eigenvalue weighted by Gasteiger charge is -2.41. The molecule has 2 fully saturated rings. The smallest absolute Gasteiger partial charge is 0.224 e. The molecule has 2 unspecified atom stereocenters. The van der Waals surface area contributed by atoms with Gasteiger partial charge in [-0.1, -0.05) is 24.5 Å². The topological polar surface area (TPSA) is 52.6 Å². The molecule has 1 aliphatic heterocycles. The van der Waals surface area contributed by atoms with E-state index in [1.165, 1.54) is 31.3 Å². The summed E-state index contributed by atoms with van der Waals surface area (Å²) in [6, 6.07) is 0.677. The molecular weight excluding hydrogens is 288 g/mol. The van der Waals surface area contributed by atoms with Crippen molar-refractivity contribution in [2.24, 2.45) is 0 Å². The Morgan fingerprint density at radius 1 is 1.13 bits per heavy atom. The Bertz CT molecular complexity index is 427. The Labute approximate surface area is 140 Å². The van der Waals surface area contributed by atoms with Gasteiger partial charge in [-0.25, -0.2) is 0 Å². The summed E-state index contributed by atoms with van der Waals surface area (Å²) in [6.07, 6.45) is 14.0. The SMILES string of the molecule is O=C(CC1=CCCCC1)NC1CCN(C2CCCCC2O)CC1. The molecule has 1 saturated carbocycles. The van der Waals surface area contributed by atoms with Gasteiger partial charge in [-0.2, -0.15) is 0 Å². The second kappa shape index (κ2) is 8.29. The fourth-order valence-corrected chi connectivity index (χ4v) is 4.44. The molecule has 2 atom stereocenters. The van der Waals surface area contributed by atoms with Crippen LogP contribution in [0, 0.1) is 0 Å². The summed E-state index contributed by atoms with van der Waals surface area (Å²) in [5, 5.41) is 13.4. The number of carbonyl (C=O) groups is 1. The molecule has 0 aromatic carbocycles. The molecule has 0 spiro atoms. The lowest BCUT2D eigenvalue weighted by atomic mass is 9.89. The molecule has 2 N–H and O–H groups in total. The van der Waals surface area contributed by atoms with Crippen LogP contribution in [0.4, 0.5) is 0 Å². The van der Waals surface area contributed by atoms with Gasteiger partial charge in [0.1, 0.15) is 0 Å². The first kappa shape index (κ1) is 17.0. The molecule has 3 rings (SSSR count). The highest BCUT2D eigenvalue weighted by Crippen LogP contribution is 2.26. The first-order valence-electron chi connectivity index (χ1n) is 9.62. The molecule has 2 aliphatic carbocycles. The van der Waals surface area contributed by atoms with Crippen molar-refractivity contribution in [3.63, 3.8) is 0 Å². The van der Waals surface area contributed by atoms with E-state index in [0.717, 1.165) is 51.6 Å². The van der Waals surface area contributed by atoms with Gasteiger partial charge in [0.2, 0.25) is 5.91 Å². The van der Waals surface area contributed by atoms with Gasteiger partial charge in [0.25, 0.3) is 0 Å². The van der Waals surface area contributed by atoms with Crippen molar-refractivity contribution in [2.75, 3.05) is 13.1 Å². The largest absolute Gasteiger partial charge is 0.391 e. The molecule has 4 heteroatoms. The maximum atomic E-state index is 12.2. The molecule has 130 valence electrons. The van der Waals surface area contributed by atoms with Gasteiger partial charge in [-0.15, -0.1) is 0 Å². The van der Waals surface area contributed by atoms with E-state index in [1.807, 2.05) is 0 Å². The van der Waals surface area contributed by atoms with Crippen molar-refractivity contribution in [1.82, 2.24) is 10.2 Å². The van der Waals surface area contributed by atoms with Crippen LogP contribution in [-0.4, -0.2) is 47.2 Å². The van der Waals surface area contributed by atoms with Crippen LogP contribution in [0.2, 0.25) is 0 Å². The van der Waals surface area contributed by atoms with E-state index in [0.29, 0.717) is 18.5 Å². The third kappa shape index (κ3) is 4.80. The Kier molecular flexibility index (Phi) is 6.12. The zero-order valence-corrected chi connectivity index (χ0v) is 14.3. The molecule has 0 bridgehead atoms. The van der Waals surface area contributed by atoms with Crippen LogP contribution in [-0.2, 0) is 4.79 Å². The highest BCUT2D eigenvalue weighted by Gasteiger charge is 2.31. The zero-order valence-electron chi connectivity index (χ0n) is 14.3. The monoisotopic (exact) mass is 320 g/mol. The van der Waals surface area contributed by atoms with Gasteiger partial charge in [0, 0.05) is 31.6 Å². The van der Waals surface area contributed by atoms with Gasteiger partial charge in [0.05, 0.1) is 6.10 Å². The predicted octanol–water partition coefficient (Wildman–Crippen LogP) is 2.76. The molecule has 1 saturated heterocycles. The van der Waals surface area contributed by atoms with Crippen LogP contribution in [0.1, 0.15) is 70.6 Å². The van der Waals surface area contributed by atoms with Crippen molar-refractivity contribution >= 4 is 5.91 Å². The van der Waals surface area contributed by atoms with Crippen molar-refractivity contribution in [2.45, 2.75) is 88.8 Å². The lowest BCUT2D eigenvalue weighted by Crippen LogP contribution is -2.52. The second-order valence-electron chi connectivity index (χ2n) is 7.58. The van der Waals surface area contributed by atoms with Crippen LogP contribution >= 0.6 is 0 Å². The number of amides is 1.